The lowest BCUT2D eigenvalue weighted by Crippen LogP contribution is -2.36. The number of nitrogens with one attached hydrogen (secondary N) is 2. The second-order valence-electron chi connectivity index (χ2n) is 6.30. The minimum absolute atomic E-state index is 0. The smallest absolute Gasteiger partial charge is 0.253 e. The Morgan fingerprint density at radius 1 is 1.17 bits per heavy atom. The molecule has 0 bridgehead atoms. The average molecular weight is 525 g/mol. The molecule has 0 aliphatic carbocycles. The largest absolute Gasteiger partial charge is 0.443 e. The zero-order chi connectivity index (χ0) is 19.9. The molecule has 0 radical (unpaired) electrons. The third kappa shape index (κ3) is 6.29. The van der Waals surface area contributed by atoms with Gasteiger partial charge in [0.2, 0.25) is 5.89 Å². The molecule has 0 saturated heterocycles. The summed E-state index contributed by atoms with van der Waals surface area (Å²) < 4.78 is 5.52. The first-order valence-corrected chi connectivity index (χ1v) is 9.68. The van der Waals surface area contributed by atoms with Crippen LogP contribution in [-0.4, -0.2) is 42.9 Å². The lowest BCUT2D eigenvalue weighted by molar-refractivity contribution is 0.0827. The fourth-order valence-corrected chi connectivity index (χ4v) is 3.16. The van der Waals surface area contributed by atoms with Gasteiger partial charge < -0.3 is 20.0 Å². The van der Waals surface area contributed by atoms with Gasteiger partial charge in [-0.15, -0.1) is 35.3 Å². The molecule has 7 nitrogen and oxygen atoms in total. The molecule has 0 atom stereocenters. The fraction of sp³-hybridized carbons (Fsp3) is 0.250. The highest BCUT2D eigenvalue weighted by atomic mass is 127. The van der Waals surface area contributed by atoms with Gasteiger partial charge in [0.25, 0.3) is 5.91 Å². The van der Waals surface area contributed by atoms with Crippen molar-refractivity contribution >= 4 is 47.2 Å². The number of nitrogens with zero attached hydrogens (tertiary/aromatic N) is 3. The van der Waals surface area contributed by atoms with Crippen LogP contribution in [0.2, 0.25) is 0 Å². The van der Waals surface area contributed by atoms with E-state index in [2.05, 4.69) is 20.6 Å². The molecule has 1 aromatic carbocycles. The van der Waals surface area contributed by atoms with Crippen LogP contribution in [0.15, 0.2) is 57.5 Å². The van der Waals surface area contributed by atoms with E-state index < -0.39 is 0 Å². The van der Waals surface area contributed by atoms with Crippen LogP contribution in [0.5, 0.6) is 0 Å². The Morgan fingerprint density at radius 2 is 1.90 bits per heavy atom. The Labute approximate surface area is 191 Å². The van der Waals surface area contributed by atoms with Crippen LogP contribution in [0.3, 0.4) is 0 Å². The summed E-state index contributed by atoms with van der Waals surface area (Å²) in [5.41, 5.74) is 2.53. The molecule has 2 N–H and O–H groups in total. The number of hydrogen-bond acceptors (Lipinski definition) is 5. The number of hydrogen-bond donors (Lipinski definition) is 2. The number of rotatable bonds is 6. The van der Waals surface area contributed by atoms with E-state index in [1.54, 1.807) is 43.6 Å². The van der Waals surface area contributed by atoms with Crippen LogP contribution in [-0.2, 0) is 13.1 Å². The molecule has 0 aliphatic rings. The summed E-state index contributed by atoms with van der Waals surface area (Å²) in [6, 6.07) is 11.5. The SMILES string of the molecule is CN=C(NCc1ccc(C(=O)N(C)C)cc1)NCc1coc(-c2cccs2)n1.I. The van der Waals surface area contributed by atoms with Crippen molar-refractivity contribution < 1.29 is 9.21 Å². The molecule has 0 unspecified atom stereocenters. The number of thiophene rings is 1. The summed E-state index contributed by atoms with van der Waals surface area (Å²) in [7, 11) is 5.20. The average Bonchev–Trinajstić information content (AvgIpc) is 3.39. The number of aliphatic imine (C=N–C) groups is 1. The van der Waals surface area contributed by atoms with Gasteiger partial charge in [-0.05, 0) is 29.1 Å². The van der Waals surface area contributed by atoms with E-state index in [1.165, 1.54) is 0 Å². The van der Waals surface area contributed by atoms with Crippen molar-refractivity contribution in [2.24, 2.45) is 4.99 Å². The molecule has 9 heteroatoms. The summed E-state index contributed by atoms with van der Waals surface area (Å²) in [5, 5.41) is 8.46. The van der Waals surface area contributed by atoms with Crippen LogP contribution in [0, 0.1) is 0 Å². The first-order chi connectivity index (χ1) is 13.6. The maximum Gasteiger partial charge on any atom is 0.253 e. The molecule has 0 fully saturated rings. The summed E-state index contributed by atoms with van der Waals surface area (Å²) in [4.78, 5) is 23.2. The first-order valence-electron chi connectivity index (χ1n) is 8.80. The van der Waals surface area contributed by atoms with Gasteiger partial charge in [0.05, 0.1) is 17.1 Å². The molecule has 0 saturated carbocycles. The van der Waals surface area contributed by atoms with Gasteiger partial charge in [-0.1, -0.05) is 18.2 Å². The maximum absolute atomic E-state index is 11.9. The molecule has 0 spiro atoms. The second kappa shape index (κ2) is 11.0. The zero-order valence-corrected chi connectivity index (χ0v) is 19.7. The van der Waals surface area contributed by atoms with Crippen LogP contribution in [0.4, 0.5) is 0 Å². The van der Waals surface area contributed by atoms with E-state index in [0.717, 1.165) is 16.1 Å². The van der Waals surface area contributed by atoms with E-state index in [-0.39, 0.29) is 29.9 Å². The van der Waals surface area contributed by atoms with Crippen molar-refractivity contribution in [2.45, 2.75) is 13.1 Å². The predicted octanol–water partition coefficient (Wildman–Crippen LogP) is 3.59. The van der Waals surface area contributed by atoms with Crippen molar-refractivity contribution in [2.75, 3.05) is 21.1 Å². The maximum atomic E-state index is 11.9. The zero-order valence-electron chi connectivity index (χ0n) is 16.5. The summed E-state index contributed by atoms with van der Waals surface area (Å²) in [6.45, 7) is 1.10. The van der Waals surface area contributed by atoms with Gasteiger partial charge in [-0.25, -0.2) is 4.98 Å². The number of aromatic nitrogens is 1. The number of amides is 1. The highest BCUT2D eigenvalue weighted by Crippen LogP contribution is 2.23. The Balaban J connectivity index is 0.00000300. The van der Waals surface area contributed by atoms with Gasteiger partial charge >= 0.3 is 0 Å². The van der Waals surface area contributed by atoms with Gasteiger partial charge in [-0.2, -0.15) is 0 Å². The monoisotopic (exact) mass is 525 g/mol. The van der Waals surface area contributed by atoms with Crippen LogP contribution in [0.25, 0.3) is 10.8 Å². The third-order valence-corrected chi connectivity index (χ3v) is 4.87. The molecule has 1 amide bonds. The Bertz CT molecular complexity index is 936. The Kier molecular flexibility index (Phi) is 8.65. The molecule has 0 aliphatic heterocycles. The topological polar surface area (TPSA) is 82.8 Å². The number of carbonyl (C=O) groups is 1. The predicted molar refractivity (Wildman–Crippen MR) is 127 cm³/mol. The number of halogens is 1. The summed E-state index contributed by atoms with van der Waals surface area (Å²) in [6.07, 6.45) is 1.65. The Hall–Kier alpha value is -2.40. The quantitative estimate of drug-likeness (QED) is 0.292. The van der Waals surface area contributed by atoms with Gasteiger partial charge in [0, 0.05) is 33.3 Å². The van der Waals surface area contributed by atoms with Crippen molar-refractivity contribution in [1.82, 2.24) is 20.5 Å². The van der Waals surface area contributed by atoms with Gasteiger partial charge in [0.1, 0.15) is 6.26 Å². The molecule has 2 aromatic heterocycles. The van der Waals surface area contributed by atoms with E-state index in [0.29, 0.717) is 30.5 Å². The fourth-order valence-electron chi connectivity index (χ4n) is 2.51. The van der Waals surface area contributed by atoms with Crippen LogP contribution in [0.1, 0.15) is 21.6 Å². The molecule has 2 heterocycles. The van der Waals surface area contributed by atoms with Crippen molar-refractivity contribution in [3.05, 3.63) is 64.9 Å². The van der Waals surface area contributed by atoms with Crippen LogP contribution < -0.4 is 10.6 Å². The molecule has 3 aromatic rings. The highest BCUT2D eigenvalue weighted by molar-refractivity contribution is 14.0. The molecule has 154 valence electrons. The van der Waals surface area contributed by atoms with E-state index >= 15 is 0 Å². The lowest BCUT2D eigenvalue weighted by Gasteiger charge is -2.12. The number of benzene rings is 1. The van der Waals surface area contributed by atoms with Gasteiger partial charge in [0.15, 0.2) is 5.96 Å². The first kappa shape index (κ1) is 22.9. The van der Waals surface area contributed by atoms with Crippen molar-refractivity contribution in [3.8, 4) is 10.8 Å². The van der Waals surface area contributed by atoms with E-state index in [1.807, 2.05) is 41.8 Å². The minimum atomic E-state index is -0.00786. The molecule has 3 rings (SSSR count). The summed E-state index contributed by atoms with van der Waals surface area (Å²) in [5.74, 6) is 1.28. The molecular weight excluding hydrogens is 501 g/mol. The standard InChI is InChI=1S/C20H23N5O2S.HI/c1-21-20(22-11-14-6-8-15(9-7-14)19(26)25(2)3)23-12-16-13-27-18(24-16)17-5-4-10-28-17;/h4-10,13H,11-12H2,1-3H3,(H2,21,22,23);1H. The van der Waals surface area contributed by atoms with Crippen molar-refractivity contribution in [1.29, 1.82) is 0 Å². The number of guanidine groups is 1. The third-order valence-electron chi connectivity index (χ3n) is 4.01. The minimum Gasteiger partial charge on any atom is -0.443 e. The molecular formula is C20H24IN5O2S. The van der Waals surface area contributed by atoms with E-state index in [4.69, 9.17) is 4.42 Å². The number of carbonyl (C=O) groups excluding carboxylic acids is 1. The highest BCUT2D eigenvalue weighted by Gasteiger charge is 2.09. The van der Waals surface area contributed by atoms with Gasteiger partial charge in [-0.3, -0.25) is 9.79 Å². The lowest BCUT2D eigenvalue weighted by atomic mass is 10.1. The van der Waals surface area contributed by atoms with Crippen LogP contribution >= 0.6 is 35.3 Å². The normalized spacial score (nSPS) is 10.9. The summed E-state index contributed by atoms with van der Waals surface area (Å²) >= 11 is 1.59. The number of oxazole rings is 1. The molecule has 29 heavy (non-hydrogen) atoms. The Morgan fingerprint density at radius 3 is 2.52 bits per heavy atom. The van der Waals surface area contributed by atoms with E-state index in [9.17, 15) is 4.79 Å². The van der Waals surface area contributed by atoms with Crippen molar-refractivity contribution in [3.63, 3.8) is 0 Å². The second-order valence-corrected chi connectivity index (χ2v) is 7.24.